The fraction of sp³-hybridized carbons (Fsp3) is 0.632. The Labute approximate surface area is 160 Å². The van der Waals surface area contributed by atoms with Gasteiger partial charge < -0.3 is 4.74 Å². The molecule has 0 N–H and O–H groups in total. The topological polar surface area (TPSA) is 61.2 Å². The number of nitrogens with zero attached hydrogens (tertiary/aromatic N) is 2. The number of thiophene rings is 1. The van der Waals surface area contributed by atoms with Gasteiger partial charge in [-0.1, -0.05) is 11.8 Å². The largest absolute Gasteiger partial charge is 0.376 e. The van der Waals surface area contributed by atoms with Crippen LogP contribution in [0.25, 0.3) is 10.2 Å². The van der Waals surface area contributed by atoms with E-state index in [0.29, 0.717) is 23.9 Å². The van der Waals surface area contributed by atoms with E-state index < -0.39 is 0 Å². The zero-order chi connectivity index (χ0) is 17.7. The van der Waals surface area contributed by atoms with Gasteiger partial charge in [-0.05, 0) is 50.5 Å². The van der Waals surface area contributed by atoms with Crippen molar-refractivity contribution < 1.29 is 9.53 Å². The Morgan fingerprint density at radius 1 is 1.15 bits per heavy atom. The maximum Gasteiger partial charge on any atom is 0.263 e. The van der Waals surface area contributed by atoms with Crippen LogP contribution >= 0.6 is 23.1 Å². The Kier molecular flexibility index (Phi) is 4.41. The third kappa shape index (κ3) is 2.84. The number of ketones is 1. The minimum Gasteiger partial charge on any atom is -0.376 e. The average molecular weight is 391 g/mol. The molecule has 3 heterocycles. The van der Waals surface area contributed by atoms with Crippen LogP contribution in [0.2, 0.25) is 0 Å². The lowest BCUT2D eigenvalue weighted by Crippen LogP contribution is -2.29. The first kappa shape index (κ1) is 17.0. The summed E-state index contributed by atoms with van der Waals surface area (Å²) >= 11 is 3.16. The molecule has 26 heavy (non-hydrogen) atoms. The van der Waals surface area contributed by atoms with Crippen LogP contribution < -0.4 is 5.56 Å². The summed E-state index contributed by atoms with van der Waals surface area (Å²) in [6.45, 7) is 1.32. The molecule has 2 aromatic heterocycles. The number of Topliss-reactive ketones (excluding diaryl/α,β-unsaturated/α-hetero) is 1. The lowest BCUT2D eigenvalue weighted by Gasteiger charge is -2.17. The Bertz CT molecular complexity index is 927. The number of carbonyl (C=O) groups is 1. The van der Waals surface area contributed by atoms with Gasteiger partial charge in [0.15, 0.2) is 5.16 Å². The molecule has 1 saturated carbocycles. The van der Waals surface area contributed by atoms with Gasteiger partial charge in [-0.3, -0.25) is 14.2 Å². The first-order chi connectivity index (χ1) is 12.7. The molecular formula is C19H22N2O3S2. The zero-order valence-corrected chi connectivity index (χ0v) is 16.3. The van der Waals surface area contributed by atoms with Crippen molar-refractivity contribution in [2.24, 2.45) is 0 Å². The molecule has 138 valence electrons. The third-order valence-corrected chi connectivity index (χ3v) is 8.19. The van der Waals surface area contributed by atoms with Crippen LogP contribution in [0.4, 0.5) is 0 Å². The van der Waals surface area contributed by atoms with Gasteiger partial charge in [0.25, 0.3) is 5.56 Å². The summed E-state index contributed by atoms with van der Waals surface area (Å²) in [7, 11) is 0. The Hall–Kier alpha value is -1.18. The average Bonchev–Trinajstić information content (AvgIpc) is 3.37. The summed E-state index contributed by atoms with van der Waals surface area (Å²) in [6.07, 6.45) is 7.78. The van der Waals surface area contributed by atoms with Crippen LogP contribution in [-0.4, -0.2) is 33.3 Å². The maximum absolute atomic E-state index is 13.4. The molecule has 1 aliphatic heterocycles. The number of rotatable bonds is 4. The van der Waals surface area contributed by atoms with E-state index in [4.69, 9.17) is 9.72 Å². The van der Waals surface area contributed by atoms with E-state index in [0.717, 1.165) is 61.8 Å². The van der Waals surface area contributed by atoms with Crippen LogP contribution in [0.15, 0.2) is 9.95 Å². The predicted molar refractivity (Wildman–Crippen MR) is 103 cm³/mol. The molecule has 0 spiro atoms. The molecule has 0 aromatic carbocycles. The highest BCUT2D eigenvalue weighted by molar-refractivity contribution is 8.00. The second-order valence-electron chi connectivity index (χ2n) is 7.45. The number of fused-ring (bicyclic) bond motifs is 3. The number of thioether (sulfide) groups is 1. The van der Waals surface area contributed by atoms with Gasteiger partial charge >= 0.3 is 0 Å². The number of hydrogen-bond donors (Lipinski definition) is 0. The Balaban J connectivity index is 1.61. The van der Waals surface area contributed by atoms with Crippen LogP contribution in [0.3, 0.4) is 0 Å². The highest BCUT2D eigenvalue weighted by Gasteiger charge is 2.30. The van der Waals surface area contributed by atoms with Gasteiger partial charge in [-0.15, -0.1) is 11.3 Å². The van der Waals surface area contributed by atoms with Crippen molar-refractivity contribution >= 4 is 39.1 Å². The van der Waals surface area contributed by atoms with Crippen molar-refractivity contribution in [1.82, 2.24) is 9.55 Å². The molecule has 2 fully saturated rings. The molecule has 2 aliphatic carbocycles. The van der Waals surface area contributed by atoms with E-state index >= 15 is 0 Å². The minimum atomic E-state index is -0.0538. The number of aromatic nitrogens is 2. The second-order valence-corrected chi connectivity index (χ2v) is 9.70. The molecule has 5 nitrogen and oxygen atoms in total. The molecule has 0 unspecified atom stereocenters. The van der Waals surface area contributed by atoms with Crippen molar-refractivity contribution in [2.45, 2.75) is 74.4 Å². The molecule has 3 aliphatic rings. The molecule has 0 bridgehead atoms. The summed E-state index contributed by atoms with van der Waals surface area (Å²) in [4.78, 5) is 32.6. The Morgan fingerprint density at radius 3 is 2.85 bits per heavy atom. The van der Waals surface area contributed by atoms with Gasteiger partial charge in [0.05, 0.1) is 23.3 Å². The van der Waals surface area contributed by atoms with Crippen LogP contribution in [0.5, 0.6) is 0 Å². The lowest BCUT2D eigenvalue weighted by atomic mass is 10.2. The zero-order valence-electron chi connectivity index (χ0n) is 14.7. The molecule has 0 radical (unpaired) electrons. The van der Waals surface area contributed by atoms with Gasteiger partial charge in [0, 0.05) is 17.9 Å². The molecule has 2 atom stereocenters. The molecule has 2 aromatic rings. The van der Waals surface area contributed by atoms with E-state index in [1.807, 2.05) is 0 Å². The summed E-state index contributed by atoms with van der Waals surface area (Å²) in [6, 6.07) is 0. The maximum atomic E-state index is 13.4. The molecule has 1 saturated heterocycles. The fourth-order valence-corrected chi connectivity index (χ4v) is 6.86. The second kappa shape index (κ2) is 6.77. The van der Waals surface area contributed by atoms with Crippen molar-refractivity contribution in [3.63, 3.8) is 0 Å². The normalized spacial score (nSPS) is 25.5. The van der Waals surface area contributed by atoms with E-state index in [2.05, 4.69) is 0 Å². The summed E-state index contributed by atoms with van der Waals surface area (Å²) in [5.74, 6) is 0.293. The number of aryl methyl sites for hydroxylation is 2. The lowest BCUT2D eigenvalue weighted by molar-refractivity contribution is -0.116. The van der Waals surface area contributed by atoms with Crippen molar-refractivity contribution in [2.75, 3.05) is 6.61 Å². The third-order valence-electron chi connectivity index (χ3n) is 5.70. The smallest absolute Gasteiger partial charge is 0.263 e. The van der Waals surface area contributed by atoms with Gasteiger partial charge in [0.1, 0.15) is 10.6 Å². The van der Waals surface area contributed by atoms with Gasteiger partial charge in [-0.25, -0.2) is 4.98 Å². The molecule has 7 heteroatoms. The van der Waals surface area contributed by atoms with Crippen LogP contribution in [-0.2, 0) is 28.9 Å². The quantitative estimate of drug-likeness (QED) is 0.750. The summed E-state index contributed by atoms with van der Waals surface area (Å²) < 4.78 is 7.59. The van der Waals surface area contributed by atoms with E-state index in [-0.39, 0.29) is 16.9 Å². The number of hydrogen-bond acceptors (Lipinski definition) is 6. The standard InChI is InChI=1S/C19H22N2O3S2/c22-13-6-2-8-15(13)26-19-20-17-16(12-5-1-7-14(12)25-17)18(23)21(19)10-11-4-3-9-24-11/h11,15H,1-10H2/t11-,15-/m1/s1. The SMILES string of the molecule is O=C1CCC[C@H]1Sc1nc2sc3c(c2c(=O)n1C[C@H]1CCCO1)CCC3. The molecule has 5 rings (SSSR count). The molecule has 0 amide bonds. The monoisotopic (exact) mass is 390 g/mol. The van der Waals surface area contributed by atoms with Crippen molar-refractivity contribution in [1.29, 1.82) is 0 Å². The first-order valence-electron chi connectivity index (χ1n) is 9.57. The van der Waals surface area contributed by atoms with Gasteiger partial charge in [-0.2, -0.15) is 0 Å². The van der Waals surface area contributed by atoms with E-state index in [1.54, 1.807) is 15.9 Å². The predicted octanol–water partition coefficient (Wildman–Crippen LogP) is 3.34. The summed E-state index contributed by atoms with van der Waals surface area (Å²) in [5.41, 5.74) is 1.29. The highest BCUT2D eigenvalue weighted by Crippen LogP contribution is 2.37. The first-order valence-corrected chi connectivity index (χ1v) is 11.3. The van der Waals surface area contributed by atoms with E-state index in [1.165, 1.54) is 22.2 Å². The van der Waals surface area contributed by atoms with Crippen LogP contribution in [0, 0.1) is 0 Å². The van der Waals surface area contributed by atoms with E-state index in [9.17, 15) is 9.59 Å². The van der Waals surface area contributed by atoms with Crippen LogP contribution in [0.1, 0.15) is 49.0 Å². The molecular weight excluding hydrogens is 368 g/mol. The number of ether oxygens (including phenoxy) is 1. The van der Waals surface area contributed by atoms with Gasteiger partial charge in [0.2, 0.25) is 0 Å². The minimum absolute atomic E-state index is 0.0538. The fourth-order valence-electron chi connectivity index (χ4n) is 4.34. The number of carbonyl (C=O) groups excluding carboxylic acids is 1. The Morgan fingerprint density at radius 2 is 2.08 bits per heavy atom. The van der Waals surface area contributed by atoms with Crippen molar-refractivity contribution in [3.05, 3.63) is 20.8 Å². The van der Waals surface area contributed by atoms with Crippen molar-refractivity contribution in [3.8, 4) is 0 Å². The summed E-state index contributed by atoms with van der Waals surface area (Å²) in [5, 5.41) is 1.47. The highest BCUT2D eigenvalue weighted by atomic mass is 32.2.